The lowest BCUT2D eigenvalue weighted by Gasteiger charge is -2.22. The van der Waals surface area contributed by atoms with Crippen LogP contribution < -0.4 is 15.4 Å². The SMILES string of the molecule is CSCC[C@H](NC=O)C(=O)N[C@@H](CC(C)C)C(=O)Oc1ccc(CSc2ccccn2)cc1. The van der Waals surface area contributed by atoms with Crippen LogP contribution >= 0.6 is 23.5 Å². The number of amides is 2. The minimum absolute atomic E-state index is 0.164. The molecular formula is C24H31N3O4S2. The lowest BCUT2D eigenvalue weighted by Crippen LogP contribution is -2.51. The maximum absolute atomic E-state index is 12.8. The first-order valence-corrected chi connectivity index (χ1v) is 13.1. The van der Waals surface area contributed by atoms with Crippen LogP contribution in [0.25, 0.3) is 0 Å². The molecule has 0 aliphatic rings. The molecular weight excluding hydrogens is 458 g/mol. The van der Waals surface area contributed by atoms with Gasteiger partial charge in [0.15, 0.2) is 0 Å². The molecule has 2 rings (SSSR count). The zero-order valence-electron chi connectivity index (χ0n) is 19.2. The fourth-order valence-electron chi connectivity index (χ4n) is 3.00. The summed E-state index contributed by atoms with van der Waals surface area (Å²) >= 11 is 3.21. The fraction of sp³-hybridized carbons (Fsp3) is 0.417. The minimum atomic E-state index is -0.804. The van der Waals surface area contributed by atoms with Crippen molar-refractivity contribution in [1.29, 1.82) is 0 Å². The van der Waals surface area contributed by atoms with E-state index in [1.165, 1.54) is 0 Å². The van der Waals surface area contributed by atoms with Crippen molar-refractivity contribution in [2.45, 2.75) is 49.6 Å². The second-order valence-electron chi connectivity index (χ2n) is 7.83. The van der Waals surface area contributed by atoms with Gasteiger partial charge in [0, 0.05) is 11.9 Å². The number of nitrogens with one attached hydrogen (secondary N) is 2. The predicted octanol–water partition coefficient (Wildman–Crippen LogP) is 3.68. The molecule has 0 bridgehead atoms. The summed E-state index contributed by atoms with van der Waals surface area (Å²) in [6, 6.07) is 11.6. The second kappa shape index (κ2) is 14.6. The zero-order valence-corrected chi connectivity index (χ0v) is 20.8. The molecule has 0 aliphatic heterocycles. The molecule has 2 atom stereocenters. The number of hydrogen-bond acceptors (Lipinski definition) is 7. The molecule has 7 nitrogen and oxygen atoms in total. The van der Waals surface area contributed by atoms with E-state index in [-0.39, 0.29) is 11.8 Å². The Morgan fingerprint density at radius 3 is 2.48 bits per heavy atom. The molecule has 0 saturated carbocycles. The van der Waals surface area contributed by atoms with Crippen molar-refractivity contribution >= 4 is 41.8 Å². The fourth-order valence-corrected chi connectivity index (χ4v) is 4.29. The molecule has 0 spiro atoms. The summed E-state index contributed by atoms with van der Waals surface area (Å²) in [7, 11) is 0. The molecule has 2 aromatic rings. The summed E-state index contributed by atoms with van der Waals surface area (Å²) in [5.41, 5.74) is 1.08. The molecule has 9 heteroatoms. The molecule has 178 valence electrons. The molecule has 0 unspecified atom stereocenters. The summed E-state index contributed by atoms with van der Waals surface area (Å²) < 4.78 is 5.55. The number of nitrogens with zero attached hydrogens (tertiary/aromatic N) is 1. The molecule has 0 radical (unpaired) electrons. The highest BCUT2D eigenvalue weighted by Crippen LogP contribution is 2.22. The average Bonchev–Trinajstić information content (AvgIpc) is 2.81. The van der Waals surface area contributed by atoms with Gasteiger partial charge >= 0.3 is 5.97 Å². The summed E-state index contributed by atoms with van der Waals surface area (Å²) in [5.74, 6) is 1.13. The predicted molar refractivity (Wildman–Crippen MR) is 133 cm³/mol. The van der Waals surface area contributed by atoms with Crippen molar-refractivity contribution in [1.82, 2.24) is 15.6 Å². The number of esters is 1. The Morgan fingerprint density at radius 1 is 1.12 bits per heavy atom. The molecule has 1 aromatic heterocycles. The number of hydrogen-bond donors (Lipinski definition) is 2. The van der Waals surface area contributed by atoms with Gasteiger partial charge in [0.25, 0.3) is 0 Å². The highest BCUT2D eigenvalue weighted by atomic mass is 32.2. The van der Waals surface area contributed by atoms with Crippen molar-refractivity contribution in [2.75, 3.05) is 12.0 Å². The number of pyridine rings is 1. The highest BCUT2D eigenvalue weighted by molar-refractivity contribution is 7.98. The number of thioether (sulfide) groups is 2. The molecule has 0 aliphatic carbocycles. The largest absolute Gasteiger partial charge is 0.425 e. The van der Waals surface area contributed by atoms with Crippen LogP contribution in [0, 0.1) is 5.92 Å². The average molecular weight is 490 g/mol. The molecule has 1 heterocycles. The van der Waals surface area contributed by atoms with E-state index in [1.54, 1.807) is 41.9 Å². The summed E-state index contributed by atoms with van der Waals surface area (Å²) in [6.07, 6.45) is 5.11. The van der Waals surface area contributed by atoms with Gasteiger partial charge in [-0.2, -0.15) is 11.8 Å². The first-order valence-electron chi connectivity index (χ1n) is 10.8. The normalized spacial score (nSPS) is 12.6. The molecule has 0 saturated heterocycles. The smallest absolute Gasteiger partial charge is 0.334 e. The van der Waals surface area contributed by atoms with E-state index >= 15 is 0 Å². The molecule has 1 aromatic carbocycles. The lowest BCUT2D eigenvalue weighted by molar-refractivity contribution is -0.140. The Kier molecular flexibility index (Phi) is 11.8. The van der Waals surface area contributed by atoms with Crippen LogP contribution in [-0.4, -0.2) is 47.4 Å². The monoisotopic (exact) mass is 489 g/mol. The maximum Gasteiger partial charge on any atom is 0.334 e. The maximum atomic E-state index is 12.8. The molecule has 0 fully saturated rings. The number of carbonyl (C=O) groups is 3. The van der Waals surface area contributed by atoms with Crippen LogP contribution in [0.5, 0.6) is 5.75 Å². The Balaban J connectivity index is 1.97. The molecule has 2 N–H and O–H groups in total. The van der Waals surface area contributed by atoms with Gasteiger partial charge in [0.2, 0.25) is 12.3 Å². The Labute approximate surface area is 203 Å². The third-order valence-corrected chi connectivity index (χ3v) is 6.33. The van der Waals surface area contributed by atoms with E-state index < -0.39 is 18.1 Å². The third kappa shape index (κ3) is 9.88. The van der Waals surface area contributed by atoms with Gasteiger partial charge in [0.05, 0.1) is 5.03 Å². The van der Waals surface area contributed by atoms with Crippen molar-refractivity contribution in [2.24, 2.45) is 5.92 Å². The van der Waals surface area contributed by atoms with E-state index in [4.69, 9.17) is 4.74 Å². The van der Waals surface area contributed by atoms with Gasteiger partial charge in [-0.15, -0.1) is 11.8 Å². The number of rotatable bonds is 14. The van der Waals surface area contributed by atoms with Crippen molar-refractivity contribution in [3.05, 3.63) is 54.2 Å². The lowest BCUT2D eigenvalue weighted by atomic mass is 10.0. The van der Waals surface area contributed by atoms with Crippen LogP contribution in [0.1, 0.15) is 32.3 Å². The van der Waals surface area contributed by atoms with E-state index in [2.05, 4.69) is 15.6 Å². The van der Waals surface area contributed by atoms with Gasteiger partial charge in [-0.3, -0.25) is 9.59 Å². The zero-order chi connectivity index (χ0) is 24.1. The van der Waals surface area contributed by atoms with Gasteiger partial charge in [0.1, 0.15) is 17.8 Å². The number of ether oxygens (including phenoxy) is 1. The minimum Gasteiger partial charge on any atom is -0.425 e. The topological polar surface area (TPSA) is 97.4 Å². The van der Waals surface area contributed by atoms with Gasteiger partial charge in [-0.1, -0.05) is 32.0 Å². The Hall–Kier alpha value is -2.52. The Bertz CT molecular complexity index is 879. The van der Waals surface area contributed by atoms with Gasteiger partial charge < -0.3 is 15.4 Å². The van der Waals surface area contributed by atoms with Crippen molar-refractivity contribution in [3.8, 4) is 5.75 Å². The number of carbonyl (C=O) groups excluding carboxylic acids is 3. The van der Waals surface area contributed by atoms with E-state index in [9.17, 15) is 14.4 Å². The first kappa shape index (κ1) is 26.7. The molecule has 33 heavy (non-hydrogen) atoms. The van der Waals surface area contributed by atoms with E-state index in [0.29, 0.717) is 30.8 Å². The summed E-state index contributed by atoms with van der Waals surface area (Å²) in [4.78, 5) is 40.7. The number of aromatic nitrogens is 1. The van der Waals surface area contributed by atoms with Crippen molar-refractivity contribution in [3.63, 3.8) is 0 Å². The Morgan fingerprint density at radius 2 is 1.88 bits per heavy atom. The van der Waals surface area contributed by atoms with Crippen LogP contribution in [0.2, 0.25) is 0 Å². The van der Waals surface area contributed by atoms with E-state index in [1.807, 2.05) is 50.4 Å². The standard InChI is InChI=1S/C24H31N3O4S2/c1-17(2)14-21(27-23(29)20(26-16-28)11-13-32-3)24(30)31-19-9-7-18(8-10-19)15-33-22-6-4-5-12-25-22/h4-10,12,16-17,20-21H,11,13-15H2,1-3H3,(H,26,28)(H,27,29)/t20-,21-/m0/s1. The van der Waals surface area contributed by atoms with Crippen molar-refractivity contribution < 1.29 is 19.1 Å². The van der Waals surface area contributed by atoms with Crippen LogP contribution in [0.3, 0.4) is 0 Å². The second-order valence-corrected chi connectivity index (χ2v) is 9.81. The summed E-state index contributed by atoms with van der Waals surface area (Å²) in [5, 5.41) is 6.23. The van der Waals surface area contributed by atoms with E-state index in [0.717, 1.165) is 16.3 Å². The first-order chi connectivity index (χ1) is 15.9. The summed E-state index contributed by atoms with van der Waals surface area (Å²) in [6.45, 7) is 3.94. The van der Waals surface area contributed by atoms with Gasteiger partial charge in [-0.25, -0.2) is 9.78 Å². The number of benzene rings is 1. The highest BCUT2D eigenvalue weighted by Gasteiger charge is 2.27. The molecule has 2 amide bonds. The van der Waals surface area contributed by atoms with Crippen LogP contribution in [-0.2, 0) is 20.1 Å². The van der Waals surface area contributed by atoms with Crippen LogP contribution in [0.15, 0.2) is 53.7 Å². The quantitative estimate of drug-likeness (QED) is 0.181. The van der Waals surface area contributed by atoms with Crippen LogP contribution in [0.4, 0.5) is 0 Å². The third-order valence-electron chi connectivity index (χ3n) is 4.67. The van der Waals surface area contributed by atoms with Gasteiger partial charge in [-0.05, 0) is 60.6 Å².